The van der Waals surface area contributed by atoms with Gasteiger partial charge < -0.3 is 10.9 Å². The van der Waals surface area contributed by atoms with Gasteiger partial charge in [-0.1, -0.05) is 12.1 Å². The minimum Gasteiger partial charge on any atom is -0.409 e. The van der Waals surface area contributed by atoms with Gasteiger partial charge in [0.15, 0.2) is 5.84 Å². The minimum atomic E-state index is 0.221. The first-order valence-electron chi connectivity index (χ1n) is 5.86. The van der Waals surface area contributed by atoms with E-state index in [0.717, 1.165) is 28.8 Å². The predicted molar refractivity (Wildman–Crippen MR) is 74.6 cm³/mol. The van der Waals surface area contributed by atoms with E-state index in [9.17, 15) is 0 Å². The molecule has 0 saturated heterocycles. The van der Waals surface area contributed by atoms with Gasteiger partial charge in [-0.05, 0) is 35.8 Å². The second-order valence-corrected chi connectivity index (χ2v) is 5.06. The van der Waals surface area contributed by atoms with Crippen LogP contribution in [0.2, 0.25) is 0 Å². The topological polar surface area (TPSA) is 79.7 Å². The number of amidine groups is 1. The summed E-state index contributed by atoms with van der Waals surface area (Å²) in [6.45, 7) is 6.10. The molecule has 6 nitrogen and oxygen atoms in total. The molecule has 0 aliphatic heterocycles. The van der Waals surface area contributed by atoms with Gasteiger partial charge in [0.2, 0.25) is 0 Å². The van der Waals surface area contributed by atoms with Crippen molar-refractivity contribution < 1.29 is 5.21 Å². The van der Waals surface area contributed by atoms with Crippen LogP contribution in [0.25, 0.3) is 0 Å². The quantitative estimate of drug-likeness (QED) is 0.360. The molecule has 0 aliphatic rings. The van der Waals surface area contributed by atoms with E-state index in [1.807, 2.05) is 18.7 Å². The van der Waals surface area contributed by atoms with E-state index in [4.69, 9.17) is 10.9 Å². The van der Waals surface area contributed by atoms with Crippen LogP contribution in [0.1, 0.15) is 24.7 Å². The highest BCUT2D eigenvalue weighted by molar-refractivity contribution is 9.10. The second kappa shape index (κ2) is 6.75. The van der Waals surface area contributed by atoms with Crippen molar-refractivity contribution in [3.63, 3.8) is 0 Å². The number of oxime groups is 1. The van der Waals surface area contributed by atoms with E-state index in [-0.39, 0.29) is 5.84 Å². The average Bonchev–Trinajstić information content (AvgIpc) is 2.56. The smallest absolute Gasteiger partial charge is 0.153 e. The van der Waals surface area contributed by atoms with Crippen molar-refractivity contribution in [1.82, 2.24) is 14.7 Å². The number of hydrogen-bond acceptors (Lipinski definition) is 4. The molecule has 0 fully saturated rings. The predicted octanol–water partition coefficient (Wildman–Crippen LogP) is 1.45. The Morgan fingerprint density at radius 3 is 2.72 bits per heavy atom. The van der Waals surface area contributed by atoms with Gasteiger partial charge in [-0.2, -0.15) is 5.10 Å². The summed E-state index contributed by atoms with van der Waals surface area (Å²) in [4.78, 5) is 2.12. The van der Waals surface area contributed by atoms with Gasteiger partial charge in [0.05, 0.1) is 22.4 Å². The molecule has 1 aromatic rings. The molecule has 0 atom stereocenters. The summed E-state index contributed by atoms with van der Waals surface area (Å²) >= 11 is 3.54. The lowest BCUT2D eigenvalue weighted by atomic mass is 10.3. The van der Waals surface area contributed by atoms with E-state index in [1.54, 1.807) is 0 Å². The summed E-state index contributed by atoms with van der Waals surface area (Å²) in [5.74, 6) is 0.221. The maximum Gasteiger partial charge on any atom is 0.153 e. The van der Waals surface area contributed by atoms with Crippen molar-refractivity contribution in [1.29, 1.82) is 0 Å². The Kier molecular flexibility index (Phi) is 5.61. The highest BCUT2D eigenvalue weighted by atomic mass is 79.9. The SMILES string of the molecule is CCCN(CC(N)=NO)Cc1c(Br)c(C)nn1C. The van der Waals surface area contributed by atoms with Crippen molar-refractivity contribution in [2.75, 3.05) is 13.1 Å². The summed E-state index contributed by atoms with van der Waals surface area (Å²) in [5.41, 5.74) is 7.62. The lowest BCUT2D eigenvalue weighted by Crippen LogP contribution is -2.34. The number of nitrogens with two attached hydrogens (primary N) is 1. The molecule has 0 bridgehead atoms. The van der Waals surface area contributed by atoms with E-state index >= 15 is 0 Å². The zero-order chi connectivity index (χ0) is 13.7. The number of hydrogen-bond donors (Lipinski definition) is 2. The Morgan fingerprint density at radius 2 is 2.28 bits per heavy atom. The summed E-state index contributed by atoms with van der Waals surface area (Å²) in [6.07, 6.45) is 1.01. The number of aryl methyl sites for hydroxylation is 2. The van der Waals surface area contributed by atoms with Gasteiger partial charge in [0.1, 0.15) is 0 Å². The fourth-order valence-electron chi connectivity index (χ4n) is 1.85. The normalized spacial score (nSPS) is 12.4. The van der Waals surface area contributed by atoms with Gasteiger partial charge in [0, 0.05) is 13.6 Å². The highest BCUT2D eigenvalue weighted by Crippen LogP contribution is 2.21. The van der Waals surface area contributed by atoms with Gasteiger partial charge >= 0.3 is 0 Å². The third kappa shape index (κ3) is 3.71. The molecular weight excluding hydrogens is 298 g/mol. The Morgan fingerprint density at radius 1 is 1.61 bits per heavy atom. The number of aromatic nitrogens is 2. The van der Waals surface area contributed by atoms with Gasteiger partial charge in [0.25, 0.3) is 0 Å². The van der Waals surface area contributed by atoms with Crippen LogP contribution in [0.5, 0.6) is 0 Å². The number of halogens is 1. The lowest BCUT2D eigenvalue weighted by Gasteiger charge is -2.21. The molecule has 1 rings (SSSR count). The molecular formula is C11H20BrN5O. The van der Waals surface area contributed by atoms with Crippen molar-refractivity contribution in [2.24, 2.45) is 17.9 Å². The molecule has 0 radical (unpaired) electrons. The van der Waals surface area contributed by atoms with E-state index in [2.05, 4.69) is 38.0 Å². The van der Waals surface area contributed by atoms with Crippen LogP contribution in [0, 0.1) is 6.92 Å². The molecule has 0 unspecified atom stereocenters. The third-order valence-corrected chi connectivity index (χ3v) is 3.72. The summed E-state index contributed by atoms with van der Waals surface area (Å²) in [6, 6.07) is 0. The van der Waals surface area contributed by atoms with Gasteiger partial charge in [-0.15, -0.1) is 0 Å². The third-order valence-electron chi connectivity index (χ3n) is 2.69. The van der Waals surface area contributed by atoms with E-state index < -0.39 is 0 Å². The molecule has 3 N–H and O–H groups in total. The van der Waals surface area contributed by atoms with Crippen LogP contribution in [-0.2, 0) is 13.6 Å². The molecule has 0 spiro atoms. The molecule has 18 heavy (non-hydrogen) atoms. The Bertz CT molecular complexity index is 429. The number of nitrogens with zero attached hydrogens (tertiary/aromatic N) is 4. The van der Waals surface area contributed by atoms with Gasteiger partial charge in [-0.25, -0.2) is 0 Å². The Hall–Kier alpha value is -1.08. The fourth-order valence-corrected chi connectivity index (χ4v) is 2.32. The van der Waals surface area contributed by atoms with Crippen LogP contribution in [-0.4, -0.2) is 38.8 Å². The Labute approximate surface area is 116 Å². The average molecular weight is 318 g/mol. The minimum absolute atomic E-state index is 0.221. The molecule has 0 saturated carbocycles. The summed E-state index contributed by atoms with van der Waals surface area (Å²) in [5, 5.41) is 16.0. The molecule has 0 aliphatic carbocycles. The first kappa shape index (κ1) is 15.0. The van der Waals surface area contributed by atoms with Crippen LogP contribution >= 0.6 is 15.9 Å². The molecule has 0 amide bonds. The zero-order valence-electron chi connectivity index (χ0n) is 11.0. The first-order valence-corrected chi connectivity index (χ1v) is 6.65. The maximum atomic E-state index is 8.64. The van der Waals surface area contributed by atoms with Crippen molar-refractivity contribution in [3.8, 4) is 0 Å². The summed E-state index contributed by atoms with van der Waals surface area (Å²) in [7, 11) is 1.92. The molecule has 1 heterocycles. The molecule has 102 valence electrons. The Balaban J connectivity index is 2.82. The second-order valence-electron chi connectivity index (χ2n) is 4.27. The number of rotatable bonds is 6. The van der Waals surface area contributed by atoms with E-state index in [0.29, 0.717) is 13.1 Å². The van der Waals surface area contributed by atoms with Crippen molar-refractivity contribution in [3.05, 3.63) is 15.9 Å². The standard InChI is InChI=1S/C11H20BrN5O/c1-4-5-17(7-10(13)15-18)6-9-11(12)8(2)14-16(9)3/h18H,4-7H2,1-3H3,(H2,13,15). The van der Waals surface area contributed by atoms with Crippen molar-refractivity contribution >= 4 is 21.8 Å². The highest BCUT2D eigenvalue weighted by Gasteiger charge is 2.15. The van der Waals surface area contributed by atoms with Gasteiger partial charge in [-0.3, -0.25) is 9.58 Å². The molecule has 1 aromatic heterocycles. The van der Waals surface area contributed by atoms with Crippen molar-refractivity contribution in [2.45, 2.75) is 26.8 Å². The van der Waals surface area contributed by atoms with Crippen LogP contribution < -0.4 is 5.73 Å². The maximum absolute atomic E-state index is 8.64. The lowest BCUT2D eigenvalue weighted by molar-refractivity contribution is 0.280. The van der Waals surface area contributed by atoms with E-state index in [1.165, 1.54) is 0 Å². The van der Waals surface area contributed by atoms with Crippen LogP contribution in [0.4, 0.5) is 0 Å². The zero-order valence-corrected chi connectivity index (χ0v) is 12.6. The first-order chi connectivity index (χ1) is 8.49. The molecule has 0 aromatic carbocycles. The summed E-state index contributed by atoms with van der Waals surface area (Å²) < 4.78 is 2.87. The largest absolute Gasteiger partial charge is 0.409 e. The molecule has 7 heteroatoms. The van der Waals surface area contributed by atoms with Crippen LogP contribution in [0.15, 0.2) is 9.63 Å². The van der Waals surface area contributed by atoms with Crippen LogP contribution in [0.3, 0.4) is 0 Å². The monoisotopic (exact) mass is 317 g/mol. The fraction of sp³-hybridized carbons (Fsp3) is 0.636.